The summed E-state index contributed by atoms with van der Waals surface area (Å²) in [5.41, 5.74) is 6.50. The number of rotatable bonds is 9. The van der Waals surface area contributed by atoms with Gasteiger partial charge in [-0.15, -0.1) is 0 Å². The van der Waals surface area contributed by atoms with E-state index in [4.69, 9.17) is 15.7 Å². The van der Waals surface area contributed by atoms with Crippen LogP contribution in [0, 0.1) is 11.3 Å². The third-order valence-corrected chi connectivity index (χ3v) is 3.01. The second-order valence-corrected chi connectivity index (χ2v) is 4.88. The van der Waals surface area contributed by atoms with Crippen molar-refractivity contribution in [1.29, 1.82) is 5.26 Å². The Bertz CT molecular complexity index is 483. The quantitative estimate of drug-likeness (QED) is 0.684. The first kappa shape index (κ1) is 17.0. The number of benzene rings is 1. The number of amides is 1. The molecular weight excluding hydrogens is 266 g/mol. The predicted molar refractivity (Wildman–Crippen MR) is 82.9 cm³/mol. The average Bonchev–Trinajstić information content (AvgIpc) is 2.49. The molecule has 5 nitrogen and oxygen atoms in total. The van der Waals surface area contributed by atoms with Crippen LogP contribution in [0.1, 0.15) is 39.0 Å². The summed E-state index contributed by atoms with van der Waals surface area (Å²) in [6, 6.07) is 8.78. The minimum absolute atomic E-state index is 0.176. The normalized spacial score (nSPS) is 11.5. The maximum absolute atomic E-state index is 11.9. The fourth-order valence-electron chi connectivity index (χ4n) is 1.79. The topological polar surface area (TPSA) is 88.1 Å². The second kappa shape index (κ2) is 9.78. The molecule has 1 aromatic carbocycles. The number of hydrogen-bond donors (Lipinski definition) is 2. The van der Waals surface area contributed by atoms with E-state index in [1.165, 1.54) is 0 Å². The minimum atomic E-state index is -0.481. The zero-order valence-electron chi connectivity index (χ0n) is 12.5. The van der Waals surface area contributed by atoms with E-state index < -0.39 is 6.04 Å². The second-order valence-electron chi connectivity index (χ2n) is 4.88. The molecule has 0 fully saturated rings. The smallest absolute Gasteiger partial charge is 0.241 e. The Morgan fingerprint density at radius 2 is 2.29 bits per heavy atom. The highest BCUT2D eigenvalue weighted by Gasteiger charge is 2.12. The van der Waals surface area contributed by atoms with Gasteiger partial charge in [0.25, 0.3) is 0 Å². The van der Waals surface area contributed by atoms with Gasteiger partial charge in [0.15, 0.2) is 0 Å². The summed E-state index contributed by atoms with van der Waals surface area (Å²) < 4.78 is 5.52. The number of carbonyl (C=O) groups is 1. The van der Waals surface area contributed by atoms with Crippen molar-refractivity contribution >= 4 is 11.6 Å². The van der Waals surface area contributed by atoms with Gasteiger partial charge in [-0.25, -0.2) is 0 Å². The zero-order valence-corrected chi connectivity index (χ0v) is 12.5. The van der Waals surface area contributed by atoms with Gasteiger partial charge in [0.2, 0.25) is 5.91 Å². The number of carbonyl (C=O) groups excluding carboxylic acids is 1. The Kier molecular flexibility index (Phi) is 7.92. The average molecular weight is 289 g/mol. The number of hydrogen-bond acceptors (Lipinski definition) is 4. The number of nitrogens with zero attached hydrogens (tertiary/aromatic N) is 1. The number of unbranched alkanes of at least 4 members (excludes halogenated alkanes) is 2. The van der Waals surface area contributed by atoms with Gasteiger partial charge in [0.05, 0.1) is 18.7 Å². The molecule has 21 heavy (non-hydrogen) atoms. The van der Waals surface area contributed by atoms with E-state index in [1.54, 1.807) is 12.1 Å². The molecule has 3 N–H and O–H groups in total. The van der Waals surface area contributed by atoms with Crippen molar-refractivity contribution in [1.82, 2.24) is 0 Å². The van der Waals surface area contributed by atoms with Crippen molar-refractivity contribution < 1.29 is 9.53 Å². The monoisotopic (exact) mass is 289 g/mol. The zero-order chi connectivity index (χ0) is 15.5. The molecule has 0 spiro atoms. The van der Waals surface area contributed by atoms with E-state index in [0.717, 1.165) is 12.8 Å². The van der Waals surface area contributed by atoms with Crippen LogP contribution in [0.15, 0.2) is 24.3 Å². The summed E-state index contributed by atoms with van der Waals surface area (Å²) in [5.74, 6) is 0.498. The van der Waals surface area contributed by atoms with Gasteiger partial charge in [-0.1, -0.05) is 25.8 Å². The Hall–Kier alpha value is -2.06. The lowest BCUT2D eigenvalue weighted by Crippen LogP contribution is -2.35. The number of nitrogens with two attached hydrogens (primary N) is 1. The van der Waals surface area contributed by atoms with Crippen LogP contribution in [0.2, 0.25) is 0 Å². The van der Waals surface area contributed by atoms with Gasteiger partial charge in [-0.2, -0.15) is 5.26 Å². The third kappa shape index (κ3) is 6.77. The van der Waals surface area contributed by atoms with Crippen molar-refractivity contribution in [2.24, 2.45) is 5.73 Å². The Morgan fingerprint density at radius 1 is 1.48 bits per heavy atom. The molecule has 1 amide bonds. The van der Waals surface area contributed by atoms with E-state index in [9.17, 15) is 4.79 Å². The summed E-state index contributed by atoms with van der Waals surface area (Å²) in [4.78, 5) is 11.9. The molecule has 1 atom stereocenters. The van der Waals surface area contributed by atoms with Gasteiger partial charge in [0, 0.05) is 18.2 Å². The lowest BCUT2D eigenvalue weighted by atomic mass is 10.1. The van der Waals surface area contributed by atoms with Crippen molar-refractivity contribution in [3.63, 3.8) is 0 Å². The van der Waals surface area contributed by atoms with Gasteiger partial charge in [-0.3, -0.25) is 4.79 Å². The van der Waals surface area contributed by atoms with Gasteiger partial charge in [0.1, 0.15) is 5.75 Å². The van der Waals surface area contributed by atoms with Gasteiger partial charge < -0.3 is 15.8 Å². The molecule has 0 bridgehead atoms. The fraction of sp³-hybridized carbons (Fsp3) is 0.500. The summed E-state index contributed by atoms with van der Waals surface area (Å²) >= 11 is 0. The molecule has 1 aromatic rings. The Labute approximate surface area is 126 Å². The van der Waals surface area contributed by atoms with Crippen LogP contribution in [-0.2, 0) is 4.79 Å². The molecule has 0 saturated heterocycles. The van der Waals surface area contributed by atoms with E-state index >= 15 is 0 Å². The first-order valence-corrected chi connectivity index (χ1v) is 7.33. The molecule has 0 aromatic heterocycles. The third-order valence-electron chi connectivity index (χ3n) is 3.01. The van der Waals surface area contributed by atoms with Crippen molar-refractivity contribution in [2.75, 3.05) is 11.9 Å². The van der Waals surface area contributed by atoms with Crippen molar-refractivity contribution in [3.05, 3.63) is 24.3 Å². The molecule has 0 radical (unpaired) electrons. The van der Waals surface area contributed by atoms with Crippen LogP contribution in [0.5, 0.6) is 5.75 Å². The van der Waals surface area contributed by atoms with Crippen molar-refractivity contribution in [3.8, 4) is 11.8 Å². The maximum atomic E-state index is 11.9. The number of nitriles is 1. The Balaban J connectivity index is 2.48. The highest BCUT2D eigenvalue weighted by atomic mass is 16.5. The summed E-state index contributed by atoms with van der Waals surface area (Å²) in [5, 5.41) is 11.3. The number of anilines is 1. The molecule has 5 heteroatoms. The summed E-state index contributed by atoms with van der Waals surface area (Å²) in [6.45, 7) is 2.55. The summed E-state index contributed by atoms with van der Waals surface area (Å²) in [6.07, 6.45) is 3.81. The molecule has 0 aliphatic rings. The largest absolute Gasteiger partial charge is 0.493 e. The van der Waals surface area contributed by atoms with Crippen LogP contribution >= 0.6 is 0 Å². The van der Waals surface area contributed by atoms with Crippen molar-refractivity contribution in [2.45, 2.75) is 45.1 Å². The van der Waals surface area contributed by atoms with E-state index in [-0.39, 0.29) is 5.91 Å². The molecular formula is C16H23N3O2. The maximum Gasteiger partial charge on any atom is 0.241 e. The molecule has 0 aliphatic carbocycles. The molecule has 114 valence electrons. The molecule has 1 rings (SSSR count). The van der Waals surface area contributed by atoms with Crippen LogP contribution < -0.4 is 15.8 Å². The molecule has 0 unspecified atom stereocenters. The highest BCUT2D eigenvalue weighted by molar-refractivity contribution is 5.94. The van der Waals surface area contributed by atoms with Crippen LogP contribution in [0.25, 0.3) is 0 Å². The van der Waals surface area contributed by atoms with Gasteiger partial charge >= 0.3 is 0 Å². The Morgan fingerprint density at radius 3 is 3.00 bits per heavy atom. The molecule has 0 saturated carbocycles. The first-order chi connectivity index (χ1) is 10.2. The van der Waals surface area contributed by atoms with E-state index in [2.05, 4.69) is 18.3 Å². The minimum Gasteiger partial charge on any atom is -0.493 e. The summed E-state index contributed by atoms with van der Waals surface area (Å²) in [7, 11) is 0. The predicted octanol–water partition coefficient (Wildman–Crippen LogP) is 2.83. The van der Waals surface area contributed by atoms with Crippen LogP contribution in [0.3, 0.4) is 0 Å². The van der Waals surface area contributed by atoms with Gasteiger partial charge in [-0.05, 0) is 25.0 Å². The molecule has 0 aliphatic heterocycles. The molecule has 0 heterocycles. The van der Waals surface area contributed by atoms with E-state index in [0.29, 0.717) is 37.3 Å². The fourth-order valence-corrected chi connectivity index (χ4v) is 1.79. The van der Waals surface area contributed by atoms with E-state index in [1.807, 2.05) is 12.1 Å². The number of nitrogens with one attached hydrogen (secondary N) is 1. The SMILES string of the molecule is CCCC[C@H](N)C(=O)Nc1cccc(OCCCC#N)c1. The lowest BCUT2D eigenvalue weighted by molar-refractivity contribution is -0.117. The standard InChI is InChI=1S/C16H23N3O2/c1-2-3-9-15(18)16(20)19-13-7-6-8-14(12-13)21-11-5-4-10-17/h6-8,12,15H,2-5,9,11,18H2,1H3,(H,19,20)/t15-/m0/s1. The lowest BCUT2D eigenvalue weighted by Gasteiger charge is -2.12. The van der Waals surface area contributed by atoms with Crippen LogP contribution in [0.4, 0.5) is 5.69 Å². The van der Waals surface area contributed by atoms with Crippen LogP contribution in [-0.4, -0.2) is 18.6 Å². The first-order valence-electron chi connectivity index (χ1n) is 7.33. The number of ether oxygens (including phenoxy) is 1. The highest BCUT2D eigenvalue weighted by Crippen LogP contribution is 2.18.